The van der Waals surface area contributed by atoms with E-state index in [1.807, 2.05) is 24.3 Å². The van der Waals surface area contributed by atoms with Crippen LogP contribution in [0.15, 0.2) is 24.3 Å². The average molecular weight is 347 g/mol. The van der Waals surface area contributed by atoms with Crippen molar-refractivity contribution in [3.8, 4) is 0 Å². The minimum Gasteiger partial charge on any atom is -0.465 e. The van der Waals surface area contributed by atoms with Crippen molar-refractivity contribution in [1.82, 2.24) is 15.1 Å². The van der Waals surface area contributed by atoms with E-state index in [4.69, 9.17) is 0 Å². The molecule has 6 nitrogen and oxygen atoms in total. The van der Waals surface area contributed by atoms with Crippen LogP contribution >= 0.6 is 0 Å². The molecule has 2 rings (SSSR count). The quantitative estimate of drug-likeness (QED) is 0.829. The van der Waals surface area contributed by atoms with E-state index >= 15 is 0 Å². The lowest BCUT2D eigenvalue weighted by Gasteiger charge is -2.35. The van der Waals surface area contributed by atoms with Crippen LogP contribution in [0.2, 0.25) is 0 Å². The van der Waals surface area contributed by atoms with Crippen LogP contribution in [-0.4, -0.2) is 58.6 Å². The van der Waals surface area contributed by atoms with E-state index in [1.54, 1.807) is 0 Å². The van der Waals surface area contributed by atoms with Gasteiger partial charge in [-0.05, 0) is 45.2 Å². The van der Waals surface area contributed by atoms with E-state index in [1.165, 1.54) is 4.90 Å². The number of hydrogen-bond acceptors (Lipinski definition) is 3. The zero-order chi connectivity index (χ0) is 18.6. The molecular formula is C19H29N3O3. The fraction of sp³-hybridized carbons (Fsp3) is 0.579. The van der Waals surface area contributed by atoms with E-state index < -0.39 is 12.1 Å². The van der Waals surface area contributed by atoms with Gasteiger partial charge in [0.15, 0.2) is 0 Å². The molecule has 0 fully saturated rings. The predicted molar refractivity (Wildman–Crippen MR) is 97.6 cm³/mol. The highest BCUT2D eigenvalue weighted by molar-refractivity contribution is 5.87. The maximum absolute atomic E-state index is 12.8. The summed E-state index contributed by atoms with van der Waals surface area (Å²) in [6, 6.07) is 7.61. The van der Waals surface area contributed by atoms with Crippen molar-refractivity contribution >= 4 is 12.0 Å². The molecule has 1 aliphatic rings. The van der Waals surface area contributed by atoms with Crippen molar-refractivity contribution in [2.24, 2.45) is 0 Å². The van der Waals surface area contributed by atoms with Crippen LogP contribution in [0.3, 0.4) is 0 Å². The number of rotatable bonds is 6. The maximum atomic E-state index is 12.8. The summed E-state index contributed by atoms with van der Waals surface area (Å²) in [4.78, 5) is 27.9. The molecule has 0 saturated carbocycles. The molecular weight excluding hydrogens is 318 g/mol. The molecule has 1 atom stereocenters. The van der Waals surface area contributed by atoms with Gasteiger partial charge in [-0.3, -0.25) is 14.6 Å². The summed E-state index contributed by atoms with van der Waals surface area (Å²) in [5.41, 5.74) is 1.84. The van der Waals surface area contributed by atoms with E-state index in [0.717, 1.165) is 17.7 Å². The standard InChI is InChI=1S/C19H29N3O3/c1-13(2)21(14(3)4)12-10-20-18(23)17-16-8-6-5-7-15(16)9-11-22(17)19(24)25/h5-8,13-14,17H,9-12H2,1-4H3,(H,20,23)(H,24,25). The maximum Gasteiger partial charge on any atom is 0.408 e. The Bertz CT molecular complexity index is 608. The van der Waals surface area contributed by atoms with Gasteiger partial charge >= 0.3 is 6.09 Å². The zero-order valence-electron chi connectivity index (χ0n) is 15.5. The molecule has 0 saturated heterocycles. The number of nitrogens with one attached hydrogen (secondary N) is 1. The van der Waals surface area contributed by atoms with E-state index in [9.17, 15) is 14.7 Å². The monoisotopic (exact) mass is 347 g/mol. The van der Waals surface area contributed by atoms with Gasteiger partial charge in [0.25, 0.3) is 0 Å². The summed E-state index contributed by atoms with van der Waals surface area (Å²) >= 11 is 0. The number of hydrogen-bond donors (Lipinski definition) is 2. The van der Waals surface area contributed by atoms with Crippen molar-refractivity contribution < 1.29 is 14.7 Å². The minimum absolute atomic E-state index is 0.248. The number of amides is 2. The van der Waals surface area contributed by atoms with Gasteiger partial charge in [0.2, 0.25) is 5.91 Å². The van der Waals surface area contributed by atoms with Gasteiger partial charge in [-0.15, -0.1) is 0 Å². The summed E-state index contributed by atoms with van der Waals surface area (Å²) in [6.45, 7) is 10.1. The second-order valence-corrected chi connectivity index (χ2v) is 7.04. The minimum atomic E-state index is -1.05. The Morgan fingerprint density at radius 1 is 1.24 bits per heavy atom. The summed E-state index contributed by atoms with van der Waals surface area (Å²) in [5, 5.41) is 12.4. The molecule has 1 heterocycles. The third-order valence-electron chi connectivity index (χ3n) is 4.77. The van der Waals surface area contributed by atoms with Gasteiger partial charge in [0.1, 0.15) is 6.04 Å². The summed E-state index contributed by atoms with van der Waals surface area (Å²) in [6.07, 6.45) is -0.415. The number of carbonyl (C=O) groups excluding carboxylic acids is 1. The van der Waals surface area contributed by atoms with Crippen molar-refractivity contribution in [2.45, 2.75) is 52.2 Å². The van der Waals surface area contributed by atoms with Gasteiger partial charge in [-0.25, -0.2) is 4.79 Å². The molecule has 2 amide bonds. The summed E-state index contributed by atoms with van der Waals surface area (Å²) < 4.78 is 0. The topological polar surface area (TPSA) is 72.9 Å². The van der Waals surface area contributed by atoms with Gasteiger partial charge in [-0.1, -0.05) is 24.3 Å². The Balaban J connectivity index is 2.09. The molecule has 6 heteroatoms. The fourth-order valence-electron chi connectivity index (χ4n) is 3.57. The normalized spacial score (nSPS) is 17.1. The first-order chi connectivity index (χ1) is 11.8. The van der Waals surface area contributed by atoms with Crippen LogP contribution in [0, 0.1) is 0 Å². The number of carbonyl (C=O) groups is 2. The molecule has 1 aromatic carbocycles. The third kappa shape index (κ3) is 4.51. The summed E-state index contributed by atoms with van der Waals surface area (Å²) in [7, 11) is 0. The number of nitrogens with zero attached hydrogens (tertiary/aromatic N) is 2. The lowest BCUT2D eigenvalue weighted by atomic mass is 9.92. The largest absolute Gasteiger partial charge is 0.465 e. The van der Waals surface area contributed by atoms with Crippen molar-refractivity contribution in [3.63, 3.8) is 0 Å². The molecule has 1 unspecified atom stereocenters. The molecule has 138 valence electrons. The Morgan fingerprint density at radius 2 is 1.88 bits per heavy atom. The third-order valence-corrected chi connectivity index (χ3v) is 4.77. The highest BCUT2D eigenvalue weighted by atomic mass is 16.4. The van der Waals surface area contributed by atoms with Crippen LogP contribution in [0.5, 0.6) is 0 Å². The SMILES string of the molecule is CC(C)N(CCNC(=O)C1c2ccccc2CCN1C(=O)O)C(C)C. The highest BCUT2D eigenvalue weighted by Crippen LogP contribution is 2.29. The highest BCUT2D eigenvalue weighted by Gasteiger charge is 2.35. The molecule has 0 radical (unpaired) electrons. The number of carboxylic acid groups (broad SMARTS) is 1. The van der Waals surface area contributed by atoms with E-state index in [-0.39, 0.29) is 5.91 Å². The van der Waals surface area contributed by atoms with Gasteiger partial charge in [0, 0.05) is 31.7 Å². The second-order valence-electron chi connectivity index (χ2n) is 7.04. The van der Waals surface area contributed by atoms with Crippen LogP contribution in [0.25, 0.3) is 0 Å². The van der Waals surface area contributed by atoms with Gasteiger partial charge < -0.3 is 10.4 Å². The molecule has 0 bridgehead atoms. The smallest absolute Gasteiger partial charge is 0.408 e. The Labute approximate surface area is 149 Å². The molecule has 0 aromatic heterocycles. The van der Waals surface area contributed by atoms with Crippen molar-refractivity contribution in [1.29, 1.82) is 0 Å². The number of fused-ring (bicyclic) bond motifs is 1. The molecule has 25 heavy (non-hydrogen) atoms. The van der Waals surface area contributed by atoms with Crippen LogP contribution in [0.4, 0.5) is 4.79 Å². The molecule has 0 spiro atoms. The average Bonchev–Trinajstić information content (AvgIpc) is 2.56. The Morgan fingerprint density at radius 3 is 2.48 bits per heavy atom. The first-order valence-corrected chi connectivity index (χ1v) is 8.93. The van der Waals surface area contributed by atoms with E-state index in [2.05, 4.69) is 37.9 Å². The number of benzene rings is 1. The van der Waals surface area contributed by atoms with Crippen molar-refractivity contribution in [3.05, 3.63) is 35.4 Å². The molecule has 0 aliphatic carbocycles. The van der Waals surface area contributed by atoms with Crippen LogP contribution in [-0.2, 0) is 11.2 Å². The molecule has 2 N–H and O–H groups in total. The predicted octanol–water partition coefficient (Wildman–Crippen LogP) is 2.50. The zero-order valence-corrected chi connectivity index (χ0v) is 15.5. The van der Waals surface area contributed by atoms with Gasteiger partial charge in [0.05, 0.1) is 0 Å². The first-order valence-electron chi connectivity index (χ1n) is 8.93. The van der Waals surface area contributed by atoms with Crippen molar-refractivity contribution in [2.75, 3.05) is 19.6 Å². The lowest BCUT2D eigenvalue weighted by molar-refractivity contribution is -0.126. The van der Waals surface area contributed by atoms with E-state index in [0.29, 0.717) is 31.6 Å². The fourth-order valence-corrected chi connectivity index (χ4v) is 3.57. The van der Waals surface area contributed by atoms with Crippen LogP contribution < -0.4 is 5.32 Å². The lowest BCUT2D eigenvalue weighted by Crippen LogP contribution is -2.48. The first kappa shape index (κ1) is 19.2. The Hall–Kier alpha value is -2.08. The second kappa shape index (κ2) is 8.34. The molecule has 1 aromatic rings. The van der Waals surface area contributed by atoms with Gasteiger partial charge in [-0.2, -0.15) is 0 Å². The molecule has 1 aliphatic heterocycles. The Kier molecular flexibility index (Phi) is 6.42. The summed E-state index contributed by atoms with van der Waals surface area (Å²) in [5.74, 6) is -0.248. The van der Waals surface area contributed by atoms with Crippen LogP contribution in [0.1, 0.15) is 44.9 Å².